The zero-order valence-electron chi connectivity index (χ0n) is 10.8. The molecule has 7 heteroatoms. The number of fused-ring (bicyclic) bond motifs is 1. The van der Waals surface area contributed by atoms with E-state index < -0.39 is 0 Å². The van der Waals surface area contributed by atoms with Crippen LogP contribution in [0.1, 0.15) is 5.56 Å². The fourth-order valence-corrected chi connectivity index (χ4v) is 2.30. The largest absolute Gasteiger partial charge is 0.371 e. The average molecular weight is 289 g/mol. The lowest BCUT2D eigenvalue weighted by Gasteiger charge is -2.06. The van der Waals surface area contributed by atoms with E-state index in [1.807, 2.05) is 28.8 Å². The van der Waals surface area contributed by atoms with Crippen molar-refractivity contribution in [3.05, 3.63) is 41.2 Å². The molecule has 102 valence electrons. The highest BCUT2D eigenvalue weighted by molar-refractivity contribution is 6.30. The molecule has 2 aromatic heterocycles. The second-order valence-electron chi connectivity index (χ2n) is 4.36. The van der Waals surface area contributed by atoms with Gasteiger partial charge in [0, 0.05) is 12.1 Å². The standard InChI is InChI=1S/C13H13ClN6/c1-16-11-10-12(19-13(15)18-11)20(7-17-10)6-8-3-2-4-9(14)5-8/h2-5,7H,6H2,1H3,(H3,15,16,18,19). The van der Waals surface area contributed by atoms with E-state index in [1.54, 1.807) is 13.4 Å². The topological polar surface area (TPSA) is 81.7 Å². The van der Waals surface area contributed by atoms with E-state index in [9.17, 15) is 0 Å². The van der Waals surface area contributed by atoms with Gasteiger partial charge in [0.2, 0.25) is 5.95 Å². The van der Waals surface area contributed by atoms with Gasteiger partial charge in [0.15, 0.2) is 17.0 Å². The second-order valence-corrected chi connectivity index (χ2v) is 4.79. The van der Waals surface area contributed by atoms with Gasteiger partial charge in [-0.25, -0.2) is 4.98 Å². The Bertz CT molecular complexity index is 767. The van der Waals surface area contributed by atoms with Crippen molar-refractivity contribution in [2.45, 2.75) is 6.54 Å². The van der Waals surface area contributed by atoms with Gasteiger partial charge >= 0.3 is 0 Å². The Morgan fingerprint density at radius 3 is 2.95 bits per heavy atom. The number of nitrogens with one attached hydrogen (secondary N) is 1. The third-order valence-electron chi connectivity index (χ3n) is 2.96. The maximum Gasteiger partial charge on any atom is 0.224 e. The van der Waals surface area contributed by atoms with Gasteiger partial charge in [0.25, 0.3) is 0 Å². The molecule has 0 radical (unpaired) electrons. The number of rotatable bonds is 3. The minimum absolute atomic E-state index is 0.217. The SMILES string of the molecule is CNc1nc(N)nc2c1ncn2Cc1cccc(Cl)c1. The molecule has 0 bridgehead atoms. The third kappa shape index (κ3) is 2.25. The molecule has 1 aromatic carbocycles. The molecule has 3 rings (SSSR count). The number of imidazole rings is 1. The number of benzene rings is 1. The minimum Gasteiger partial charge on any atom is -0.371 e. The van der Waals surface area contributed by atoms with E-state index in [2.05, 4.69) is 20.3 Å². The van der Waals surface area contributed by atoms with Crippen molar-refractivity contribution in [1.29, 1.82) is 0 Å². The van der Waals surface area contributed by atoms with Crippen LogP contribution in [0.5, 0.6) is 0 Å². The predicted molar refractivity (Wildman–Crippen MR) is 79.8 cm³/mol. The Morgan fingerprint density at radius 1 is 1.35 bits per heavy atom. The number of aromatic nitrogens is 4. The Kier molecular flexibility index (Phi) is 3.15. The molecule has 0 aliphatic heterocycles. The quantitative estimate of drug-likeness (QED) is 0.772. The van der Waals surface area contributed by atoms with E-state index in [4.69, 9.17) is 17.3 Å². The summed E-state index contributed by atoms with van der Waals surface area (Å²) in [6.07, 6.45) is 1.72. The van der Waals surface area contributed by atoms with Crippen LogP contribution in [0.3, 0.4) is 0 Å². The molecule has 0 saturated heterocycles. The molecule has 20 heavy (non-hydrogen) atoms. The predicted octanol–water partition coefficient (Wildman–Crippen LogP) is 2.15. The highest BCUT2D eigenvalue weighted by atomic mass is 35.5. The molecule has 0 unspecified atom stereocenters. The fraction of sp³-hybridized carbons (Fsp3) is 0.154. The molecule has 3 N–H and O–H groups in total. The van der Waals surface area contributed by atoms with Gasteiger partial charge in [-0.1, -0.05) is 23.7 Å². The number of halogens is 1. The Morgan fingerprint density at radius 2 is 2.20 bits per heavy atom. The summed E-state index contributed by atoms with van der Waals surface area (Å²) in [5, 5.41) is 3.67. The summed E-state index contributed by atoms with van der Waals surface area (Å²) in [6, 6.07) is 7.67. The highest BCUT2D eigenvalue weighted by Crippen LogP contribution is 2.20. The maximum absolute atomic E-state index is 6.00. The van der Waals surface area contributed by atoms with Crippen LogP contribution in [0, 0.1) is 0 Å². The molecule has 0 amide bonds. The van der Waals surface area contributed by atoms with Crippen molar-refractivity contribution >= 4 is 34.5 Å². The number of hydrogen-bond acceptors (Lipinski definition) is 5. The summed E-state index contributed by atoms with van der Waals surface area (Å²) >= 11 is 6.00. The van der Waals surface area contributed by atoms with Crippen LogP contribution in [-0.2, 0) is 6.54 Å². The summed E-state index contributed by atoms with van der Waals surface area (Å²) in [5.74, 6) is 0.840. The normalized spacial score (nSPS) is 10.9. The molecule has 0 spiro atoms. The summed E-state index contributed by atoms with van der Waals surface area (Å²) in [7, 11) is 1.78. The van der Waals surface area contributed by atoms with Crippen LogP contribution in [0.25, 0.3) is 11.2 Å². The Labute approximate surface area is 120 Å². The maximum atomic E-state index is 6.00. The van der Waals surface area contributed by atoms with Crippen LogP contribution in [-0.4, -0.2) is 26.6 Å². The molecule has 0 aliphatic carbocycles. The lowest BCUT2D eigenvalue weighted by molar-refractivity contribution is 0.814. The van der Waals surface area contributed by atoms with Gasteiger partial charge in [-0.05, 0) is 17.7 Å². The minimum atomic E-state index is 0.217. The molecule has 0 saturated carbocycles. The van der Waals surface area contributed by atoms with Crippen LogP contribution >= 0.6 is 11.6 Å². The lowest BCUT2D eigenvalue weighted by atomic mass is 10.2. The average Bonchev–Trinajstić information content (AvgIpc) is 2.81. The van der Waals surface area contributed by atoms with Gasteiger partial charge in [0.05, 0.1) is 12.9 Å². The summed E-state index contributed by atoms with van der Waals surface area (Å²) in [5.41, 5.74) is 8.18. The number of anilines is 2. The molecule has 0 aliphatic rings. The first kappa shape index (κ1) is 12.7. The van der Waals surface area contributed by atoms with Crippen LogP contribution in [0.4, 0.5) is 11.8 Å². The molecule has 0 fully saturated rings. The van der Waals surface area contributed by atoms with Crippen LogP contribution in [0.2, 0.25) is 5.02 Å². The van der Waals surface area contributed by atoms with E-state index in [0.29, 0.717) is 28.5 Å². The van der Waals surface area contributed by atoms with Gasteiger partial charge < -0.3 is 15.6 Å². The van der Waals surface area contributed by atoms with Crippen molar-refractivity contribution < 1.29 is 0 Å². The van der Waals surface area contributed by atoms with Crippen LogP contribution < -0.4 is 11.1 Å². The first-order chi connectivity index (χ1) is 9.67. The number of nitrogen functional groups attached to an aromatic ring is 1. The molecular weight excluding hydrogens is 276 g/mol. The van der Waals surface area contributed by atoms with E-state index in [1.165, 1.54) is 0 Å². The third-order valence-corrected chi connectivity index (χ3v) is 3.20. The summed E-state index contributed by atoms with van der Waals surface area (Å²) in [6.45, 7) is 0.622. The first-order valence-corrected chi connectivity index (χ1v) is 6.45. The van der Waals surface area contributed by atoms with Crippen molar-refractivity contribution in [3.8, 4) is 0 Å². The summed E-state index contributed by atoms with van der Waals surface area (Å²) in [4.78, 5) is 12.7. The smallest absolute Gasteiger partial charge is 0.224 e. The Balaban J connectivity index is 2.06. The molecule has 0 atom stereocenters. The van der Waals surface area contributed by atoms with Crippen molar-refractivity contribution in [3.63, 3.8) is 0 Å². The van der Waals surface area contributed by atoms with Gasteiger partial charge in [-0.15, -0.1) is 0 Å². The zero-order chi connectivity index (χ0) is 14.1. The summed E-state index contributed by atoms with van der Waals surface area (Å²) < 4.78 is 1.92. The molecular formula is C13H13ClN6. The van der Waals surface area contributed by atoms with Gasteiger partial charge in [-0.2, -0.15) is 9.97 Å². The highest BCUT2D eigenvalue weighted by Gasteiger charge is 2.11. The zero-order valence-corrected chi connectivity index (χ0v) is 11.6. The Hall–Kier alpha value is -2.34. The molecule has 2 heterocycles. The number of nitrogens with two attached hydrogens (primary N) is 1. The first-order valence-electron chi connectivity index (χ1n) is 6.08. The molecule has 3 aromatic rings. The van der Waals surface area contributed by atoms with E-state index in [-0.39, 0.29) is 5.95 Å². The van der Waals surface area contributed by atoms with Crippen molar-refractivity contribution in [2.24, 2.45) is 0 Å². The number of nitrogens with zero attached hydrogens (tertiary/aromatic N) is 4. The van der Waals surface area contributed by atoms with Crippen molar-refractivity contribution in [2.75, 3.05) is 18.1 Å². The van der Waals surface area contributed by atoms with E-state index >= 15 is 0 Å². The van der Waals surface area contributed by atoms with E-state index in [0.717, 1.165) is 5.56 Å². The second kappa shape index (κ2) is 4.97. The monoisotopic (exact) mass is 288 g/mol. The fourth-order valence-electron chi connectivity index (χ4n) is 2.08. The van der Waals surface area contributed by atoms with Gasteiger partial charge in [0.1, 0.15) is 0 Å². The molecule has 6 nitrogen and oxygen atoms in total. The number of hydrogen-bond donors (Lipinski definition) is 2. The van der Waals surface area contributed by atoms with Crippen molar-refractivity contribution in [1.82, 2.24) is 19.5 Å². The van der Waals surface area contributed by atoms with Crippen LogP contribution in [0.15, 0.2) is 30.6 Å². The lowest BCUT2D eigenvalue weighted by Crippen LogP contribution is -2.04. The van der Waals surface area contributed by atoms with Gasteiger partial charge in [-0.3, -0.25) is 0 Å².